The Hall–Kier alpha value is 0.0649. The molecular formula is C16H25B. The average molecular weight is 228 g/mol. The van der Waals surface area contributed by atoms with Gasteiger partial charge in [-0.3, -0.25) is 0 Å². The fourth-order valence-corrected chi connectivity index (χ4v) is 8.25. The Balaban J connectivity index is 1.72. The van der Waals surface area contributed by atoms with Gasteiger partial charge in [0.05, 0.1) is 0 Å². The minimum atomic E-state index is 0.749. The zero-order valence-electron chi connectivity index (χ0n) is 11.6. The summed E-state index contributed by atoms with van der Waals surface area (Å²) < 4.78 is 0. The van der Waals surface area contributed by atoms with Crippen LogP contribution in [0.1, 0.15) is 52.4 Å². The molecule has 0 aromatic heterocycles. The molecule has 7 saturated carbocycles. The molecule has 7 rings (SSSR count). The second kappa shape index (κ2) is 2.39. The maximum absolute atomic E-state index is 2.69. The Labute approximate surface area is 106 Å². The van der Waals surface area contributed by atoms with E-state index in [9.17, 15) is 0 Å². The lowest BCUT2D eigenvalue weighted by atomic mass is 9.23. The summed E-state index contributed by atoms with van der Waals surface area (Å²) in [5.41, 5.74) is 1.51. The molecular weight excluding hydrogens is 203 g/mol. The lowest BCUT2D eigenvalue weighted by Crippen LogP contribution is -2.69. The topological polar surface area (TPSA) is 0 Å². The Bertz CT molecular complexity index is 388. The monoisotopic (exact) mass is 228 g/mol. The van der Waals surface area contributed by atoms with Crippen LogP contribution >= 0.6 is 0 Å². The highest BCUT2D eigenvalue weighted by atomic mass is 14.8. The molecule has 0 heterocycles. The molecule has 0 spiro atoms. The highest BCUT2D eigenvalue weighted by molar-refractivity contribution is 6.16. The van der Waals surface area contributed by atoms with Crippen molar-refractivity contribution < 1.29 is 0 Å². The van der Waals surface area contributed by atoms with Gasteiger partial charge in [-0.25, -0.2) is 0 Å². The molecule has 4 atom stereocenters. The molecule has 0 N–H and O–H groups in total. The number of hydrogen-bond acceptors (Lipinski definition) is 0. The second-order valence-electron chi connectivity index (χ2n) is 9.53. The molecule has 7 aliphatic rings. The zero-order valence-corrected chi connectivity index (χ0v) is 11.6. The Morgan fingerprint density at radius 3 is 1.88 bits per heavy atom. The first-order valence-electron chi connectivity index (χ1n) is 7.93. The third-order valence-electron chi connectivity index (χ3n) is 8.25. The van der Waals surface area contributed by atoms with Crippen molar-refractivity contribution in [2.45, 2.75) is 57.7 Å². The van der Waals surface area contributed by atoms with Gasteiger partial charge in [0, 0.05) is 0 Å². The number of hydrogen-bond donors (Lipinski definition) is 0. The molecule has 0 aromatic rings. The highest BCUT2D eigenvalue weighted by Gasteiger charge is 2.72. The van der Waals surface area contributed by atoms with Crippen LogP contribution in [0.25, 0.3) is 0 Å². The summed E-state index contributed by atoms with van der Waals surface area (Å²) in [6.07, 6.45) is 9.54. The van der Waals surface area contributed by atoms with Gasteiger partial charge in [0.2, 0.25) is 0 Å². The van der Waals surface area contributed by atoms with Gasteiger partial charge in [-0.15, -0.1) is 0 Å². The molecule has 0 amide bonds. The maximum atomic E-state index is 2.69. The van der Waals surface area contributed by atoms with Crippen LogP contribution in [0.15, 0.2) is 0 Å². The van der Waals surface area contributed by atoms with Crippen LogP contribution in [-0.2, 0) is 0 Å². The minimum absolute atomic E-state index is 0.749. The van der Waals surface area contributed by atoms with Crippen LogP contribution in [0.2, 0.25) is 5.31 Å². The molecule has 0 aromatic carbocycles. The Kier molecular flexibility index (Phi) is 1.39. The van der Waals surface area contributed by atoms with Crippen molar-refractivity contribution >= 4 is 7.85 Å². The molecule has 7 aliphatic carbocycles. The molecule has 0 saturated heterocycles. The Morgan fingerprint density at radius 1 is 0.765 bits per heavy atom. The van der Waals surface area contributed by atoms with E-state index in [1.807, 2.05) is 0 Å². The maximum Gasteiger partial charge on any atom is 0.110 e. The van der Waals surface area contributed by atoms with E-state index in [1.54, 1.807) is 38.5 Å². The molecule has 7 fully saturated rings. The van der Waals surface area contributed by atoms with E-state index in [2.05, 4.69) is 21.7 Å². The minimum Gasteiger partial charge on any atom is -0.0596 e. The van der Waals surface area contributed by atoms with E-state index >= 15 is 0 Å². The highest BCUT2D eigenvalue weighted by Crippen LogP contribution is 2.82. The van der Waals surface area contributed by atoms with Crippen LogP contribution < -0.4 is 0 Å². The molecule has 0 nitrogen and oxygen atoms in total. The summed E-state index contributed by atoms with van der Waals surface area (Å²) in [5, 5.41) is 0.761. The lowest BCUT2D eigenvalue weighted by Gasteiger charge is -2.78. The van der Waals surface area contributed by atoms with Crippen molar-refractivity contribution in [3.8, 4) is 0 Å². The summed E-state index contributed by atoms with van der Waals surface area (Å²) in [5.74, 6) is 5.67. The Morgan fingerprint density at radius 2 is 1.29 bits per heavy atom. The van der Waals surface area contributed by atoms with Crippen molar-refractivity contribution in [1.29, 1.82) is 0 Å². The largest absolute Gasteiger partial charge is 0.110 e. The van der Waals surface area contributed by atoms with E-state index in [-0.39, 0.29) is 0 Å². The van der Waals surface area contributed by atoms with Crippen molar-refractivity contribution in [1.82, 2.24) is 0 Å². The predicted molar refractivity (Wildman–Crippen MR) is 72.6 cm³/mol. The normalized spacial score (nSPS) is 74.6. The predicted octanol–water partition coefficient (Wildman–Crippen LogP) is 3.28. The summed E-state index contributed by atoms with van der Waals surface area (Å²) in [6, 6.07) is 0. The summed E-state index contributed by atoms with van der Waals surface area (Å²) in [6.45, 7) is 5.24. The average Bonchev–Trinajstić information content (AvgIpc) is 2.23. The van der Waals surface area contributed by atoms with Gasteiger partial charge in [-0.05, 0) is 78.9 Å². The van der Waals surface area contributed by atoms with Crippen molar-refractivity contribution in [2.24, 2.45) is 40.4 Å². The third kappa shape index (κ3) is 0.911. The van der Waals surface area contributed by atoms with E-state index in [0.29, 0.717) is 0 Å². The van der Waals surface area contributed by atoms with Crippen LogP contribution in [0.5, 0.6) is 0 Å². The molecule has 0 radical (unpaired) electrons. The smallest absolute Gasteiger partial charge is 0.0596 e. The van der Waals surface area contributed by atoms with Crippen LogP contribution in [0.4, 0.5) is 0 Å². The number of rotatable bonds is 0. The standard InChI is InChI=1S/C16H25B/c1-14-3-9-10-4-15(2)5-11(9)13(7-14)16(17,8-15)12(10)6-14/h9-13H,3-8,17H2,1-2H3. The quantitative estimate of drug-likeness (QED) is 0.558. The fourth-order valence-electron chi connectivity index (χ4n) is 8.25. The van der Waals surface area contributed by atoms with E-state index in [0.717, 1.165) is 45.7 Å². The first-order valence-corrected chi connectivity index (χ1v) is 7.93. The fraction of sp³-hybridized carbons (Fsp3) is 1.00. The van der Waals surface area contributed by atoms with E-state index in [1.165, 1.54) is 0 Å². The first-order chi connectivity index (χ1) is 7.93. The molecule has 0 aliphatic heterocycles. The van der Waals surface area contributed by atoms with Gasteiger partial charge in [0.1, 0.15) is 7.85 Å². The molecule has 17 heavy (non-hydrogen) atoms. The first kappa shape index (κ1) is 9.93. The SMILES string of the molecule is BC12CC3(C)CC4C5CC(C)(CC41)CC2C5C3. The van der Waals surface area contributed by atoms with Crippen molar-refractivity contribution in [3.05, 3.63) is 0 Å². The summed E-state index contributed by atoms with van der Waals surface area (Å²) in [7, 11) is 2.69. The van der Waals surface area contributed by atoms with Gasteiger partial charge >= 0.3 is 0 Å². The summed E-state index contributed by atoms with van der Waals surface area (Å²) in [4.78, 5) is 0. The van der Waals surface area contributed by atoms with Gasteiger partial charge in [-0.2, -0.15) is 0 Å². The second-order valence-corrected chi connectivity index (χ2v) is 9.53. The van der Waals surface area contributed by atoms with Crippen molar-refractivity contribution in [3.63, 3.8) is 0 Å². The van der Waals surface area contributed by atoms with Gasteiger partial charge in [0.25, 0.3) is 0 Å². The van der Waals surface area contributed by atoms with Crippen LogP contribution in [-0.4, -0.2) is 7.85 Å². The lowest BCUT2D eigenvalue weighted by molar-refractivity contribution is -0.241. The van der Waals surface area contributed by atoms with Gasteiger partial charge in [-0.1, -0.05) is 19.2 Å². The van der Waals surface area contributed by atoms with E-state index < -0.39 is 0 Å². The summed E-state index contributed by atoms with van der Waals surface area (Å²) >= 11 is 0. The van der Waals surface area contributed by atoms with Crippen LogP contribution in [0.3, 0.4) is 0 Å². The molecule has 1 heteroatoms. The molecule has 4 unspecified atom stereocenters. The third-order valence-corrected chi connectivity index (χ3v) is 8.25. The molecule has 92 valence electrons. The van der Waals surface area contributed by atoms with Crippen molar-refractivity contribution in [2.75, 3.05) is 0 Å². The zero-order chi connectivity index (χ0) is 11.6. The van der Waals surface area contributed by atoms with Gasteiger partial charge in [0.15, 0.2) is 0 Å². The van der Waals surface area contributed by atoms with Crippen LogP contribution in [0, 0.1) is 40.4 Å². The van der Waals surface area contributed by atoms with E-state index in [4.69, 9.17) is 0 Å². The van der Waals surface area contributed by atoms with Gasteiger partial charge < -0.3 is 0 Å². The molecule has 8 bridgehead atoms.